The predicted molar refractivity (Wildman–Crippen MR) is 59.6 cm³/mol. The average molecular weight is 259 g/mol. The molecule has 0 aromatic carbocycles. The third-order valence-electron chi connectivity index (χ3n) is 1.30. The van der Waals surface area contributed by atoms with E-state index in [0.717, 1.165) is 6.42 Å². The molecule has 0 saturated heterocycles. The summed E-state index contributed by atoms with van der Waals surface area (Å²) in [5.74, 6) is 0.156. The Hall–Kier alpha value is 0.0500. The van der Waals surface area contributed by atoms with Gasteiger partial charge in [-0.05, 0) is 6.42 Å². The average Bonchev–Trinajstić information content (AvgIpc) is 2.02. The van der Waals surface area contributed by atoms with E-state index in [2.05, 4.69) is 6.58 Å². The molecule has 0 heterocycles. The number of hydrogen-bond acceptors (Lipinski definition) is 2. The molecule has 0 aliphatic carbocycles. The van der Waals surface area contributed by atoms with Crippen LogP contribution >= 0.6 is 30.8 Å². The van der Waals surface area contributed by atoms with Crippen molar-refractivity contribution in [3.8, 4) is 0 Å². The molecule has 0 aliphatic heterocycles. The van der Waals surface area contributed by atoms with Gasteiger partial charge in [-0.25, -0.2) is 4.57 Å². The minimum Gasteiger partial charge on any atom is -0.426 e. The van der Waals surface area contributed by atoms with Gasteiger partial charge in [-0.15, -0.1) is 6.58 Å². The lowest BCUT2D eigenvalue weighted by Gasteiger charge is -2.14. The van der Waals surface area contributed by atoms with Crippen LogP contribution in [0.15, 0.2) is 22.9 Å². The maximum Gasteiger partial charge on any atom is 0.380 e. The molecule has 0 bridgehead atoms. The molecular formula is C8H13Cl2O3P. The van der Waals surface area contributed by atoms with Crippen molar-refractivity contribution in [3.63, 3.8) is 0 Å². The third-order valence-corrected chi connectivity index (χ3v) is 2.95. The molecule has 1 N–H and O–H groups in total. The van der Waals surface area contributed by atoms with E-state index >= 15 is 0 Å². The van der Waals surface area contributed by atoms with Crippen molar-refractivity contribution in [3.05, 3.63) is 22.9 Å². The van der Waals surface area contributed by atoms with E-state index in [-0.39, 0.29) is 16.4 Å². The summed E-state index contributed by atoms with van der Waals surface area (Å²) >= 11 is 11.0. The van der Waals surface area contributed by atoms with Crippen LogP contribution < -0.4 is 0 Å². The highest BCUT2D eigenvalue weighted by Crippen LogP contribution is 2.46. The zero-order chi connectivity index (χ0) is 11.2. The van der Waals surface area contributed by atoms with Crippen molar-refractivity contribution in [2.24, 2.45) is 0 Å². The molecule has 82 valence electrons. The van der Waals surface area contributed by atoms with Gasteiger partial charge in [0, 0.05) is 6.42 Å². The normalized spacial score (nSPS) is 14.3. The predicted octanol–water partition coefficient (Wildman–Crippen LogP) is 3.82. The van der Waals surface area contributed by atoms with Crippen molar-refractivity contribution in [2.75, 3.05) is 6.16 Å². The zero-order valence-corrected chi connectivity index (χ0v) is 10.3. The van der Waals surface area contributed by atoms with Gasteiger partial charge in [0.05, 0.1) is 6.16 Å². The lowest BCUT2D eigenvalue weighted by molar-refractivity contribution is 0.316. The lowest BCUT2D eigenvalue weighted by atomic mass is 10.3. The van der Waals surface area contributed by atoms with Crippen molar-refractivity contribution >= 4 is 30.8 Å². The molecular weight excluding hydrogens is 246 g/mol. The van der Waals surface area contributed by atoms with E-state index in [4.69, 9.17) is 27.7 Å². The lowest BCUT2D eigenvalue weighted by Crippen LogP contribution is -1.94. The summed E-state index contributed by atoms with van der Waals surface area (Å²) in [4.78, 5) is 9.27. The maximum atomic E-state index is 11.3. The fourth-order valence-corrected chi connectivity index (χ4v) is 2.08. The molecule has 0 aromatic heterocycles. The fourth-order valence-electron chi connectivity index (χ4n) is 0.774. The van der Waals surface area contributed by atoms with Crippen LogP contribution in [0.4, 0.5) is 0 Å². The second kappa shape index (κ2) is 6.52. The van der Waals surface area contributed by atoms with Crippen LogP contribution in [0.2, 0.25) is 0 Å². The minimum absolute atomic E-state index is 0.106. The van der Waals surface area contributed by atoms with Crippen LogP contribution in [0.25, 0.3) is 0 Å². The SMILES string of the molecule is C=CCP(=O)(O)OC(CCC)=C(Cl)Cl. The third kappa shape index (κ3) is 5.71. The van der Waals surface area contributed by atoms with Crippen LogP contribution in [0.3, 0.4) is 0 Å². The summed E-state index contributed by atoms with van der Waals surface area (Å²) in [6.07, 6.45) is 2.35. The highest BCUT2D eigenvalue weighted by molar-refractivity contribution is 7.53. The molecule has 0 saturated carbocycles. The summed E-state index contributed by atoms with van der Waals surface area (Å²) < 4.78 is 16.0. The van der Waals surface area contributed by atoms with Crippen molar-refractivity contribution < 1.29 is 14.0 Å². The Bertz CT molecular complexity index is 272. The molecule has 3 nitrogen and oxygen atoms in total. The monoisotopic (exact) mass is 258 g/mol. The summed E-state index contributed by atoms with van der Waals surface area (Å²) in [6.45, 7) is 5.23. The highest BCUT2D eigenvalue weighted by Gasteiger charge is 2.21. The Labute approximate surface area is 93.9 Å². The molecule has 1 unspecified atom stereocenters. The minimum atomic E-state index is -3.68. The Balaban J connectivity index is 4.53. The van der Waals surface area contributed by atoms with Gasteiger partial charge in [0.1, 0.15) is 10.3 Å². The van der Waals surface area contributed by atoms with Gasteiger partial charge >= 0.3 is 7.60 Å². The van der Waals surface area contributed by atoms with Gasteiger partial charge < -0.3 is 9.42 Å². The van der Waals surface area contributed by atoms with E-state index in [9.17, 15) is 9.46 Å². The highest BCUT2D eigenvalue weighted by atomic mass is 35.5. The van der Waals surface area contributed by atoms with E-state index in [1.165, 1.54) is 6.08 Å². The number of allylic oxidation sites excluding steroid dienone is 2. The molecule has 0 spiro atoms. The van der Waals surface area contributed by atoms with Gasteiger partial charge in [-0.3, -0.25) is 0 Å². The van der Waals surface area contributed by atoms with Crippen molar-refractivity contribution in [1.82, 2.24) is 0 Å². The van der Waals surface area contributed by atoms with Crippen molar-refractivity contribution in [2.45, 2.75) is 19.8 Å². The van der Waals surface area contributed by atoms with Crippen LogP contribution in [-0.4, -0.2) is 11.1 Å². The molecule has 0 aliphatic rings. The van der Waals surface area contributed by atoms with Crippen LogP contribution in [0.1, 0.15) is 19.8 Å². The molecule has 1 atom stereocenters. The first kappa shape index (κ1) is 14.1. The molecule has 0 rings (SSSR count). The van der Waals surface area contributed by atoms with Gasteiger partial charge in [-0.1, -0.05) is 36.2 Å². The van der Waals surface area contributed by atoms with Crippen LogP contribution in [0, 0.1) is 0 Å². The number of hydrogen-bond donors (Lipinski definition) is 1. The van der Waals surface area contributed by atoms with E-state index in [1.807, 2.05) is 6.92 Å². The molecule has 0 fully saturated rings. The van der Waals surface area contributed by atoms with E-state index < -0.39 is 7.60 Å². The summed E-state index contributed by atoms with van der Waals surface area (Å²) in [7, 11) is -3.68. The van der Waals surface area contributed by atoms with Crippen LogP contribution in [0.5, 0.6) is 0 Å². The number of halogens is 2. The first-order valence-electron chi connectivity index (χ1n) is 4.09. The molecule has 0 amide bonds. The Morgan fingerprint density at radius 1 is 1.64 bits per heavy atom. The molecule has 0 aromatic rings. The molecule has 6 heteroatoms. The smallest absolute Gasteiger partial charge is 0.380 e. The first-order chi connectivity index (χ1) is 6.43. The second-order valence-corrected chi connectivity index (χ2v) is 5.41. The standard InChI is InChI=1S/C8H13Cl2O3P/c1-3-5-7(8(9)10)13-14(11,12)6-4-2/h4H,2-3,5-6H2,1H3,(H,11,12). The van der Waals surface area contributed by atoms with Gasteiger partial charge in [-0.2, -0.15) is 0 Å². The number of rotatable bonds is 6. The quantitative estimate of drug-likeness (QED) is 0.448. The second-order valence-electron chi connectivity index (χ2n) is 2.63. The zero-order valence-electron chi connectivity index (χ0n) is 7.87. The van der Waals surface area contributed by atoms with Crippen LogP contribution in [-0.2, 0) is 9.09 Å². The maximum absolute atomic E-state index is 11.3. The fraction of sp³-hybridized carbons (Fsp3) is 0.500. The Kier molecular flexibility index (Phi) is 6.54. The molecule has 14 heavy (non-hydrogen) atoms. The van der Waals surface area contributed by atoms with Crippen molar-refractivity contribution in [1.29, 1.82) is 0 Å². The Morgan fingerprint density at radius 2 is 2.21 bits per heavy atom. The Morgan fingerprint density at radius 3 is 2.57 bits per heavy atom. The topological polar surface area (TPSA) is 46.5 Å². The van der Waals surface area contributed by atoms with E-state index in [1.54, 1.807) is 0 Å². The van der Waals surface area contributed by atoms with Gasteiger partial charge in [0.2, 0.25) is 0 Å². The van der Waals surface area contributed by atoms with Gasteiger partial charge in [0.25, 0.3) is 0 Å². The summed E-state index contributed by atoms with van der Waals surface area (Å²) in [6, 6.07) is 0. The summed E-state index contributed by atoms with van der Waals surface area (Å²) in [5, 5.41) is 0. The van der Waals surface area contributed by atoms with E-state index in [0.29, 0.717) is 6.42 Å². The summed E-state index contributed by atoms with van der Waals surface area (Å²) in [5.41, 5.74) is 0. The van der Waals surface area contributed by atoms with Gasteiger partial charge in [0.15, 0.2) is 0 Å². The molecule has 0 radical (unpaired) electrons. The first-order valence-corrected chi connectivity index (χ1v) is 6.61. The largest absolute Gasteiger partial charge is 0.426 e.